The maximum atomic E-state index is 14.0. The topological polar surface area (TPSA) is 29.5 Å². The van der Waals surface area contributed by atoms with E-state index in [-0.39, 0.29) is 5.41 Å². The van der Waals surface area contributed by atoms with Gasteiger partial charge < -0.3 is 9.84 Å². The summed E-state index contributed by atoms with van der Waals surface area (Å²) in [5.41, 5.74) is 4.90. The zero-order valence-corrected chi connectivity index (χ0v) is 15.7. The van der Waals surface area contributed by atoms with Crippen LogP contribution in [-0.4, -0.2) is 18.3 Å². The van der Waals surface area contributed by atoms with Crippen molar-refractivity contribution in [3.05, 3.63) is 40.7 Å². The summed E-state index contributed by atoms with van der Waals surface area (Å²) in [6.45, 7) is 12.4. The predicted molar refractivity (Wildman–Crippen MR) is 98.9 cm³/mol. The molecule has 0 saturated carbocycles. The summed E-state index contributed by atoms with van der Waals surface area (Å²) >= 11 is 0. The Morgan fingerprint density at radius 1 is 1.33 bits per heavy atom. The molecule has 24 heavy (non-hydrogen) atoms. The van der Waals surface area contributed by atoms with Crippen LogP contribution in [0, 0.1) is 5.92 Å². The van der Waals surface area contributed by atoms with E-state index in [4.69, 9.17) is 9.84 Å². The van der Waals surface area contributed by atoms with Crippen LogP contribution in [0.25, 0.3) is 11.1 Å². The van der Waals surface area contributed by atoms with E-state index in [0.717, 1.165) is 12.0 Å². The lowest BCUT2D eigenvalue weighted by Crippen LogP contribution is -2.23. The molecule has 1 aliphatic carbocycles. The minimum atomic E-state index is -0.590. The highest BCUT2D eigenvalue weighted by molar-refractivity contribution is 5.80. The van der Waals surface area contributed by atoms with Gasteiger partial charge in [-0.05, 0) is 66.0 Å². The molecule has 3 heteroatoms. The van der Waals surface area contributed by atoms with E-state index in [1.807, 2.05) is 13.0 Å². The van der Waals surface area contributed by atoms with Gasteiger partial charge in [-0.2, -0.15) is 0 Å². The maximum Gasteiger partial charge on any atom is 0.129 e. The minimum Gasteiger partial charge on any atom is -0.493 e. The van der Waals surface area contributed by atoms with Crippen molar-refractivity contribution in [2.75, 3.05) is 13.2 Å². The van der Waals surface area contributed by atoms with Crippen molar-refractivity contribution < 1.29 is 14.2 Å². The van der Waals surface area contributed by atoms with Crippen LogP contribution in [0.4, 0.5) is 4.39 Å². The molecule has 0 unspecified atom stereocenters. The van der Waals surface area contributed by atoms with Crippen molar-refractivity contribution in [1.82, 2.24) is 0 Å². The van der Waals surface area contributed by atoms with Crippen molar-refractivity contribution in [2.24, 2.45) is 5.92 Å². The fourth-order valence-corrected chi connectivity index (χ4v) is 3.34. The molecule has 0 fully saturated rings. The van der Waals surface area contributed by atoms with Crippen molar-refractivity contribution in [3.63, 3.8) is 0 Å². The second-order valence-corrected chi connectivity index (χ2v) is 7.42. The molecule has 0 bridgehead atoms. The second kappa shape index (κ2) is 7.10. The van der Waals surface area contributed by atoms with Crippen LogP contribution in [-0.2, 0) is 5.41 Å². The SMILES string of the molecule is CCOc1cc2c(cc1C(C)=C(F)CO)C(C(C)C)=CCC2(C)C. The fourth-order valence-electron chi connectivity index (χ4n) is 3.34. The molecule has 0 heterocycles. The smallest absolute Gasteiger partial charge is 0.129 e. The standard InChI is InChI=1S/C21H29FO2/c1-7-24-20-11-18-17(10-16(20)14(4)19(22)12-23)15(13(2)3)8-9-21(18,5)6/h8,10-11,13,23H,7,9,12H2,1-6H3. The predicted octanol–water partition coefficient (Wildman–Crippen LogP) is 5.50. The van der Waals surface area contributed by atoms with Crippen molar-refractivity contribution in [1.29, 1.82) is 0 Å². The Morgan fingerprint density at radius 2 is 2.00 bits per heavy atom. The largest absolute Gasteiger partial charge is 0.493 e. The minimum absolute atomic E-state index is 0.0191. The van der Waals surface area contributed by atoms with Gasteiger partial charge in [0.2, 0.25) is 0 Å². The highest BCUT2D eigenvalue weighted by Gasteiger charge is 2.31. The number of halogens is 1. The Morgan fingerprint density at radius 3 is 2.54 bits per heavy atom. The molecule has 2 nitrogen and oxygen atoms in total. The van der Waals surface area contributed by atoms with E-state index in [9.17, 15) is 4.39 Å². The molecule has 0 radical (unpaired) electrons. The number of hydrogen-bond acceptors (Lipinski definition) is 2. The van der Waals surface area contributed by atoms with Crippen LogP contribution in [0.2, 0.25) is 0 Å². The number of hydrogen-bond donors (Lipinski definition) is 1. The molecule has 0 atom stereocenters. The molecule has 1 N–H and O–H groups in total. The van der Waals surface area contributed by atoms with E-state index >= 15 is 0 Å². The molecule has 0 aliphatic heterocycles. The fraction of sp³-hybridized carbons (Fsp3) is 0.524. The molecule has 2 rings (SSSR count). The van der Waals surface area contributed by atoms with Gasteiger partial charge >= 0.3 is 0 Å². The number of ether oxygens (including phenoxy) is 1. The first kappa shape index (κ1) is 18.7. The Balaban J connectivity index is 2.76. The van der Waals surface area contributed by atoms with Crippen molar-refractivity contribution in [3.8, 4) is 5.75 Å². The molecular weight excluding hydrogens is 303 g/mol. The zero-order chi connectivity index (χ0) is 18.1. The number of aliphatic hydroxyl groups excluding tert-OH is 1. The molecule has 0 amide bonds. The molecular formula is C21H29FO2. The Kier molecular flexibility index (Phi) is 5.54. The summed E-state index contributed by atoms with van der Waals surface area (Å²) in [6, 6.07) is 4.11. The van der Waals surface area contributed by atoms with Crippen LogP contribution in [0.5, 0.6) is 5.75 Å². The van der Waals surface area contributed by atoms with Crippen molar-refractivity contribution >= 4 is 11.1 Å². The van der Waals surface area contributed by atoms with Crippen LogP contribution >= 0.6 is 0 Å². The van der Waals surface area contributed by atoms with Gasteiger partial charge in [0, 0.05) is 5.56 Å². The molecule has 1 aromatic rings. The number of aliphatic hydroxyl groups is 1. The van der Waals surface area contributed by atoms with Crippen LogP contribution in [0.15, 0.2) is 24.0 Å². The third-order valence-electron chi connectivity index (χ3n) is 4.86. The quantitative estimate of drug-likeness (QED) is 0.771. The van der Waals surface area contributed by atoms with Gasteiger partial charge in [-0.25, -0.2) is 4.39 Å². The summed E-state index contributed by atoms with van der Waals surface area (Å²) in [6.07, 6.45) is 3.29. The molecule has 132 valence electrons. The molecule has 0 saturated heterocycles. The van der Waals surface area contributed by atoms with Gasteiger partial charge in [0.1, 0.15) is 11.6 Å². The van der Waals surface area contributed by atoms with Crippen LogP contribution < -0.4 is 4.74 Å². The van der Waals surface area contributed by atoms with Gasteiger partial charge in [0.25, 0.3) is 0 Å². The van der Waals surface area contributed by atoms with E-state index in [1.165, 1.54) is 16.7 Å². The normalized spacial score (nSPS) is 17.3. The highest BCUT2D eigenvalue weighted by atomic mass is 19.1. The lowest BCUT2D eigenvalue weighted by molar-refractivity contribution is 0.299. The summed E-state index contributed by atoms with van der Waals surface area (Å²) in [7, 11) is 0. The van der Waals surface area contributed by atoms with Gasteiger partial charge in [-0.3, -0.25) is 0 Å². The average molecular weight is 332 g/mol. The number of fused-ring (bicyclic) bond motifs is 1. The Hall–Kier alpha value is -1.61. The van der Waals surface area contributed by atoms with E-state index in [1.54, 1.807) is 6.92 Å². The molecule has 0 spiro atoms. The summed E-state index contributed by atoms with van der Waals surface area (Å²) in [5, 5.41) is 9.16. The highest BCUT2D eigenvalue weighted by Crippen LogP contribution is 2.45. The summed E-state index contributed by atoms with van der Waals surface area (Å²) in [5.74, 6) is 0.578. The third kappa shape index (κ3) is 3.41. The van der Waals surface area contributed by atoms with Gasteiger partial charge in [0.05, 0.1) is 13.2 Å². The van der Waals surface area contributed by atoms with Crippen LogP contribution in [0.3, 0.4) is 0 Å². The van der Waals surface area contributed by atoms with E-state index in [2.05, 4.69) is 39.8 Å². The zero-order valence-electron chi connectivity index (χ0n) is 15.7. The van der Waals surface area contributed by atoms with Gasteiger partial charge in [-0.15, -0.1) is 0 Å². The average Bonchev–Trinajstić information content (AvgIpc) is 2.53. The molecule has 1 aromatic carbocycles. The third-order valence-corrected chi connectivity index (χ3v) is 4.86. The lowest BCUT2D eigenvalue weighted by atomic mass is 9.71. The first-order chi connectivity index (χ1) is 11.2. The first-order valence-corrected chi connectivity index (χ1v) is 8.71. The monoisotopic (exact) mass is 332 g/mol. The number of rotatable bonds is 5. The van der Waals surface area contributed by atoms with Gasteiger partial charge in [0.15, 0.2) is 0 Å². The number of benzene rings is 1. The molecule has 0 aromatic heterocycles. The lowest BCUT2D eigenvalue weighted by Gasteiger charge is -2.34. The van der Waals surface area contributed by atoms with E-state index < -0.39 is 12.4 Å². The number of allylic oxidation sites excluding steroid dienone is 3. The maximum absolute atomic E-state index is 14.0. The van der Waals surface area contributed by atoms with Crippen LogP contribution in [0.1, 0.15) is 64.7 Å². The van der Waals surface area contributed by atoms with E-state index in [0.29, 0.717) is 23.8 Å². The molecule has 1 aliphatic rings. The Bertz CT molecular complexity index is 681. The van der Waals surface area contributed by atoms with Gasteiger partial charge in [-0.1, -0.05) is 33.8 Å². The Labute approximate surface area is 145 Å². The van der Waals surface area contributed by atoms with Crippen molar-refractivity contribution in [2.45, 2.75) is 53.4 Å². The first-order valence-electron chi connectivity index (χ1n) is 8.71. The second-order valence-electron chi connectivity index (χ2n) is 7.42. The summed E-state index contributed by atoms with van der Waals surface area (Å²) in [4.78, 5) is 0. The summed E-state index contributed by atoms with van der Waals surface area (Å²) < 4.78 is 19.8.